The van der Waals surface area contributed by atoms with Crippen LogP contribution in [0.2, 0.25) is 0 Å². The zero-order chi connectivity index (χ0) is 20.6. The van der Waals surface area contributed by atoms with Gasteiger partial charge in [0.25, 0.3) is 0 Å². The van der Waals surface area contributed by atoms with Gasteiger partial charge in [0.1, 0.15) is 0 Å². The Bertz CT molecular complexity index is 892. The first-order valence-corrected chi connectivity index (χ1v) is 12.1. The Morgan fingerprint density at radius 3 is 2.24 bits per heavy atom. The lowest BCUT2D eigenvalue weighted by Gasteiger charge is -2.43. The van der Waals surface area contributed by atoms with Crippen molar-refractivity contribution < 1.29 is 8.42 Å². The van der Waals surface area contributed by atoms with Gasteiger partial charge >= 0.3 is 0 Å². The van der Waals surface area contributed by atoms with Crippen molar-refractivity contribution in [2.45, 2.75) is 36.9 Å². The Labute approximate surface area is 174 Å². The minimum Gasteiger partial charge on any atom is -0.356 e. The van der Waals surface area contributed by atoms with Gasteiger partial charge in [0.2, 0.25) is 0 Å². The monoisotopic (exact) mass is 413 g/mol. The van der Waals surface area contributed by atoms with Crippen molar-refractivity contribution in [3.05, 3.63) is 71.8 Å². The summed E-state index contributed by atoms with van der Waals surface area (Å²) >= 11 is 0. The van der Waals surface area contributed by atoms with Crippen molar-refractivity contribution >= 4 is 15.8 Å². The molecular formula is C23H31N3O2S. The Morgan fingerprint density at radius 2 is 1.66 bits per heavy atom. The number of rotatable bonds is 9. The number of guanidine groups is 1. The molecule has 0 radical (unpaired) electrons. The summed E-state index contributed by atoms with van der Waals surface area (Å²) in [5, 5.41) is 6.69. The van der Waals surface area contributed by atoms with E-state index < -0.39 is 9.84 Å². The summed E-state index contributed by atoms with van der Waals surface area (Å²) in [5.41, 5.74) is 2.39. The van der Waals surface area contributed by atoms with Crippen molar-refractivity contribution in [1.29, 1.82) is 0 Å². The van der Waals surface area contributed by atoms with Gasteiger partial charge in [-0.15, -0.1) is 0 Å². The number of hydrogen-bond donors (Lipinski definition) is 2. The normalized spacial score (nSPS) is 16.1. The van der Waals surface area contributed by atoms with Gasteiger partial charge in [0, 0.05) is 25.6 Å². The van der Waals surface area contributed by atoms with Crippen LogP contribution in [0.25, 0.3) is 0 Å². The average Bonchev–Trinajstić information content (AvgIpc) is 2.70. The van der Waals surface area contributed by atoms with E-state index in [0.717, 1.165) is 18.1 Å². The third kappa shape index (κ3) is 6.07. The van der Waals surface area contributed by atoms with E-state index in [1.165, 1.54) is 24.8 Å². The first-order chi connectivity index (χ1) is 14.0. The summed E-state index contributed by atoms with van der Waals surface area (Å²) in [4.78, 5) is 4.29. The van der Waals surface area contributed by atoms with E-state index in [0.29, 0.717) is 13.0 Å². The van der Waals surface area contributed by atoms with Crippen molar-refractivity contribution in [3.8, 4) is 0 Å². The molecule has 1 aliphatic carbocycles. The molecular weight excluding hydrogens is 382 g/mol. The molecule has 0 aromatic heterocycles. The zero-order valence-electron chi connectivity index (χ0n) is 17.1. The number of benzene rings is 2. The van der Waals surface area contributed by atoms with E-state index in [9.17, 15) is 8.42 Å². The predicted molar refractivity (Wildman–Crippen MR) is 120 cm³/mol. The Morgan fingerprint density at radius 1 is 1.00 bits per heavy atom. The van der Waals surface area contributed by atoms with Gasteiger partial charge < -0.3 is 10.6 Å². The summed E-state index contributed by atoms with van der Waals surface area (Å²) in [6, 6.07) is 20.0. The minimum absolute atomic E-state index is 0.0976. The van der Waals surface area contributed by atoms with Crippen LogP contribution in [0.1, 0.15) is 36.8 Å². The highest BCUT2D eigenvalue weighted by Gasteiger charge is 2.38. The standard InChI is InChI=1S/C23H31N3O2S/c1-24-22(26-19-23(14-8-15-23)21-12-6-3-7-13-21)25-16-9-17-29(27,28)18-20-10-4-2-5-11-20/h2-7,10-13H,8-9,14-19H2,1H3,(H2,24,25,26). The highest BCUT2D eigenvalue weighted by atomic mass is 32.2. The Balaban J connectivity index is 1.43. The molecule has 1 saturated carbocycles. The molecule has 0 spiro atoms. The lowest BCUT2D eigenvalue weighted by atomic mass is 9.64. The number of sulfone groups is 1. The summed E-state index contributed by atoms with van der Waals surface area (Å²) in [6.45, 7) is 1.41. The molecule has 0 atom stereocenters. The molecule has 0 amide bonds. The first kappa shape index (κ1) is 21.4. The minimum atomic E-state index is -3.11. The maximum absolute atomic E-state index is 12.3. The molecule has 2 N–H and O–H groups in total. The van der Waals surface area contributed by atoms with E-state index in [-0.39, 0.29) is 16.9 Å². The quantitative estimate of drug-likeness (QED) is 0.376. The third-order valence-electron chi connectivity index (χ3n) is 5.67. The van der Waals surface area contributed by atoms with E-state index in [2.05, 4.69) is 46.0 Å². The molecule has 2 aromatic rings. The average molecular weight is 414 g/mol. The van der Waals surface area contributed by atoms with Gasteiger partial charge in [-0.3, -0.25) is 4.99 Å². The van der Waals surface area contributed by atoms with Crippen LogP contribution in [0.4, 0.5) is 0 Å². The fraction of sp³-hybridized carbons (Fsp3) is 0.435. The van der Waals surface area contributed by atoms with Crippen LogP contribution in [-0.2, 0) is 21.0 Å². The van der Waals surface area contributed by atoms with E-state index in [4.69, 9.17) is 0 Å². The van der Waals surface area contributed by atoms with Gasteiger partial charge in [0.15, 0.2) is 15.8 Å². The number of hydrogen-bond acceptors (Lipinski definition) is 3. The SMILES string of the molecule is CN=C(NCCCS(=O)(=O)Cc1ccccc1)NCC1(c2ccccc2)CCC1. The fourth-order valence-electron chi connectivity index (χ4n) is 3.84. The molecule has 0 saturated heterocycles. The summed E-state index contributed by atoms with van der Waals surface area (Å²) in [7, 11) is -1.36. The van der Waals surface area contributed by atoms with E-state index in [1.54, 1.807) is 7.05 Å². The van der Waals surface area contributed by atoms with E-state index in [1.807, 2.05) is 30.3 Å². The molecule has 1 fully saturated rings. The van der Waals surface area contributed by atoms with Gasteiger partial charge in [-0.05, 0) is 30.4 Å². The van der Waals surface area contributed by atoms with Crippen molar-refractivity contribution in [1.82, 2.24) is 10.6 Å². The van der Waals surface area contributed by atoms with Crippen LogP contribution in [0, 0.1) is 0 Å². The van der Waals surface area contributed by atoms with Crippen LogP contribution in [0.15, 0.2) is 65.7 Å². The smallest absolute Gasteiger partial charge is 0.191 e. The molecule has 2 aromatic carbocycles. The van der Waals surface area contributed by atoms with Gasteiger partial charge in [-0.2, -0.15) is 0 Å². The van der Waals surface area contributed by atoms with Crippen LogP contribution < -0.4 is 10.6 Å². The largest absolute Gasteiger partial charge is 0.356 e. The van der Waals surface area contributed by atoms with Crippen molar-refractivity contribution in [2.24, 2.45) is 4.99 Å². The summed E-state index contributed by atoms with van der Waals surface area (Å²) in [6.07, 6.45) is 4.17. The highest BCUT2D eigenvalue weighted by Crippen LogP contribution is 2.43. The highest BCUT2D eigenvalue weighted by molar-refractivity contribution is 7.90. The molecule has 3 rings (SSSR count). The molecule has 156 valence electrons. The second-order valence-corrected chi connectivity index (χ2v) is 9.97. The van der Waals surface area contributed by atoms with Crippen molar-refractivity contribution in [3.63, 3.8) is 0 Å². The molecule has 1 aliphatic rings. The number of aliphatic imine (C=N–C) groups is 1. The van der Waals surface area contributed by atoms with Crippen LogP contribution in [0.3, 0.4) is 0 Å². The molecule has 0 bridgehead atoms. The lowest BCUT2D eigenvalue weighted by molar-refractivity contribution is 0.244. The summed E-state index contributed by atoms with van der Waals surface area (Å²) < 4.78 is 24.6. The molecule has 0 unspecified atom stereocenters. The molecule has 29 heavy (non-hydrogen) atoms. The topological polar surface area (TPSA) is 70.6 Å². The number of nitrogens with zero attached hydrogens (tertiary/aromatic N) is 1. The molecule has 0 aliphatic heterocycles. The maximum atomic E-state index is 12.3. The molecule has 6 heteroatoms. The van der Waals surface area contributed by atoms with Crippen LogP contribution in [-0.4, -0.2) is 40.3 Å². The van der Waals surface area contributed by atoms with Gasteiger partial charge in [-0.25, -0.2) is 8.42 Å². The van der Waals surface area contributed by atoms with Crippen molar-refractivity contribution in [2.75, 3.05) is 25.9 Å². The maximum Gasteiger partial charge on any atom is 0.191 e. The molecule has 0 heterocycles. The van der Waals surface area contributed by atoms with Crippen LogP contribution in [0.5, 0.6) is 0 Å². The molecule has 5 nitrogen and oxygen atoms in total. The van der Waals surface area contributed by atoms with Crippen LogP contribution >= 0.6 is 0 Å². The van der Waals surface area contributed by atoms with E-state index >= 15 is 0 Å². The number of nitrogens with one attached hydrogen (secondary N) is 2. The fourth-order valence-corrected chi connectivity index (χ4v) is 5.26. The second-order valence-electron chi connectivity index (χ2n) is 7.78. The Hall–Kier alpha value is -2.34. The predicted octanol–water partition coefficient (Wildman–Crippen LogP) is 3.28. The first-order valence-electron chi connectivity index (χ1n) is 10.3. The summed E-state index contributed by atoms with van der Waals surface area (Å²) in [5.74, 6) is 0.993. The second kappa shape index (κ2) is 9.92. The Kier molecular flexibility index (Phi) is 7.31. The zero-order valence-corrected chi connectivity index (χ0v) is 17.9. The van der Waals surface area contributed by atoms with Gasteiger partial charge in [0.05, 0.1) is 11.5 Å². The third-order valence-corrected chi connectivity index (χ3v) is 7.35. The van der Waals surface area contributed by atoms with Gasteiger partial charge in [-0.1, -0.05) is 67.1 Å². The lowest BCUT2D eigenvalue weighted by Crippen LogP contribution is -2.49.